The van der Waals surface area contributed by atoms with Crippen LogP contribution in [0.4, 0.5) is 10.5 Å². The van der Waals surface area contributed by atoms with Crippen LogP contribution in [0.1, 0.15) is 31.4 Å². The van der Waals surface area contributed by atoms with E-state index in [2.05, 4.69) is 44.8 Å². The monoisotopic (exact) mass is 370 g/mol. The highest BCUT2D eigenvalue weighted by molar-refractivity contribution is 5.89. The number of nitrogens with zero attached hydrogens (tertiary/aromatic N) is 7. The molecular formula is C17H22N8O2. The van der Waals surface area contributed by atoms with Gasteiger partial charge in [0.25, 0.3) is 0 Å². The topological polar surface area (TPSA) is 115 Å². The molecular weight excluding hydrogens is 348 g/mol. The van der Waals surface area contributed by atoms with Crippen molar-refractivity contribution in [2.75, 3.05) is 12.4 Å². The van der Waals surface area contributed by atoms with E-state index in [1.54, 1.807) is 30.8 Å². The van der Waals surface area contributed by atoms with Crippen LogP contribution in [-0.2, 0) is 13.0 Å². The number of hydrogen-bond donors (Lipinski definition) is 1. The molecule has 0 aliphatic rings. The number of carbonyl (C=O) groups excluding carboxylic acids is 1. The molecule has 10 nitrogen and oxygen atoms in total. The molecule has 0 aliphatic heterocycles. The predicted octanol–water partition coefficient (Wildman–Crippen LogP) is 2.22. The molecule has 0 radical (unpaired) electrons. The zero-order chi connectivity index (χ0) is 19.4. The molecule has 2 aromatic heterocycles. The second-order valence-corrected chi connectivity index (χ2v) is 6.68. The molecule has 0 bridgehead atoms. The Hall–Kier alpha value is -3.30. The molecule has 1 aromatic carbocycles. The van der Waals surface area contributed by atoms with E-state index >= 15 is 0 Å². The molecule has 142 valence electrons. The number of urea groups is 1. The Labute approximate surface area is 156 Å². The smallest absolute Gasteiger partial charge is 0.322 e. The number of anilines is 1. The van der Waals surface area contributed by atoms with Crippen LogP contribution in [0.25, 0.3) is 5.69 Å². The molecule has 0 unspecified atom stereocenters. The van der Waals surface area contributed by atoms with Gasteiger partial charge in [-0.15, -0.1) is 5.10 Å². The van der Waals surface area contributed by atoms with E-state index in [-0.39, 0.29) is 12.6 Å². The number of aromatic nitrogens is 6. The fourth-order valence-corrected chi connectivity index (χ4v) is 2.48. The van der Waals surface area contributed by atoms with Gasteiger partial charge in [-0.25, -0.2) is 4.79 Å². The van der Waals surface area contributed by atoms with Crippen LogP contribution >= 0.6 is 0 Å². The summed E-state index contributed by atoms with van der Waals surface area (Å²) in [6.07, 6.45) is 0.739. The first kappa shape index (κ1) is 18.5. The number of amides is 2. The maximum Gasteiger partial charge on any atom is 0.322 e. The molecule has 0 spiro atoms. The molecule has 3 rings (SSSR count). The lowest BCUT2D eigenvalue weighted by atomic mass is 10.1. The molecule has 2 amide bonds. The highest BCUT2D eigenvalue weighted by atomic mass is 16.5. The Morgan fingerprint density at radius 2 is 2.19 bits per heavy atom. The van der Waals surface area contributed by atoms with Crippen molar-refractivity contribution in [2.45, 2.75) is 33.7 Å². The first-order chi connectivity index (χ1) is 12.9. The summed E-state index contributed by atoms with van der Waals surface area (Å²) in [5, 5.41) is 18.2. The van der Waals surface area contributed by atoms with Gasteiger partial charge in [-0.05, 0) is 41.5 Å². The van der Waals surface area contributed by atoms with Gasteiger partial charge in [0.15, 0.2) is 11.6 Å². The SMILES string of the molecule is Cc1nnnn1-c1cccc(NC(=O)N(C)Cc2nc(CC(C)C)no2)c1. The number of benzene rings is 1. The standard InChI is InChI=1S/C17H22N8O2/c1-11(2)8-15-19-16(27-21-15)10-24(4)17(26)18-13-6-5-7-14(9-13)25-12(3)20-22-23-25/h5-7,9,11H,8,10H2,1-4H3,(H,18,26). The van der Waals surface area contributed by atoms with Crippen molar-refractivity contribution in [1.82, 2.24) is 35.2 Å². The zero-order valence-electron chi connectivity index (χ0n) is 15.7. The number of aryl methyl sites for hydroxylation is 1. The second kappa shape index (κ2) is 7.94. The third-order valence-corrected chi connectivity index (χ3v) is 3.79. The normalized spacial score (nSPS) is 11.0. The highest BCUT2D eigenvalue weighted by Crippen LogP contribution is 2.15. The van der Waals surface area contributed by atoms with Crippen molar-refractivity contribution < 1.29 is 9.32 Å². The van der Waals surface area contributed by atoms with E-state index in [0.29, 0.717) is 29.1 Å². The van der Waals surface area contributed by atoms with Gasteiger partial charge in [0.1, 0.15) is 6.54 Å². The van der Waals surface area contributed by atoms with Crippen LogP contribution in [0.2, 0.25) is 0 Å². The van der Waals surface area contributed by atoms with Gasteiger partial charge in [0.05, 0.1) is 5.69 Å². The van der Waals surface area contributed by atoms with Crippen LogP contribution in [0.5, 0.6) is 0 Å². The van der Waals surface area contributed by atoms with E-state index in [9.17, 15) is 4.79 Å². The molecule has 2 heterocycles. The maximum absolute atomic E-state index is 12.4. The van der Waals surface area contributed by atoms with E-state index in [4.69, 9.17) is 4.52 Å². The largest absolute Gasteiger partial charge is 0.337 e. The fraction of sp³-hybridized carbons (Fsp3) is 0.412. The van der Waals surface area contributed by atoms with E-state index in [1.807, 2.05) is 12.1 Å². The zero-order valence-corrected chi connectivity index (χ0v) is 15.7. The first-order valence-electron chi connectivity index (χ1n) is 8.61. The number of nitrogens with one attached hydrogen (secondary N) is 1. The van der Waals surface area contributed by atoms with E-state index in [1.165, 1.54) is 4.90 Å². The minimum absolute atomic E-state index is 0.225. The summed E-state index contributed by atoms with van der Waals surface area (Å²) in [7, 11) is 1.66. The van der Waals surface area contributed by atoms with E-state index < -0.39 is 0 Å². The summed E-state index contributed by atoms with van der Waals surface area (Å²) in [5.74, 6) is 2.15. The van der Waals surface area contributed by atoms with Crippen LogP contribution < -0.4 is 5.32 Å². The van der Waals surface area contributed by atoms with Gasteiger partial charge < -0.3 is 14.7 Å². The molecule has 3 aromatic rings. The highest BCUT2D eigenvalue weighted by Gasteiger charge is 2.15. The molecule has 27 heavy (non-hydrogen) atoms. The molecule has 0 saturated carbocycles. The minimum atomic E-state index is -0.288. The molecule has 0 fully saturated rings. The van der Waals surface area contributed by atoms with Crippen LogP contribution in [0.3, 0.4) is 0 Å². The van der Waals surface area contributed by atoms with Gasteiger partial charge in [-0.1, -0.05) is 25.1 Å². The Kier molecular flexibility index (Phi) is 5.43. The van der Waals surface area contributed by atoms with Crippen molar-refractivity contribution in [2.24, 2.45) is 5.92 Å². The molecule has 10 heteroatoms. The minimum Gasteiger partial charge on any atom is -0.337 e. The third kappa shape index (κ3) is 4.66. The fourth-order valence-electron chi connectivity index (χ4n) is 2.48. The van der Waals surface area contributed by atoms with Crippen molar-refractivity contribution in [3.8, 4) is 5.69 Å². The molecule has 1 N–H and O–H groups in total. The van der Waals surface area contributed by atoms with Gasteiger partial charge >= 0.3 is 6.03 Å². The summed E-state index contributed by atoms with van der Waals surface area (Å²) in [5.41, 5.74) is 1.39. The Balaban J connectivity index is 1.63. The lowest BCUT2D eigenvalue weighted by molar-refractivity contribution is 0.213. The van der Waals surface area contributed by atoms with E-state index in [0.717, 1.165) is 12.1 Å². The second-order valence-electron chi connectivity index (χ2n) is 6.68. The maximum atomic E-state index is 12.4. The molecule has 0 saturated heterocycles. The summed E-state index contributed by atoms with van der Waals surface area (Å²) in [6, 6.07) is 6.98. The number of tetrazole rings is 1. The molecule has 0 aliphatic carbocycles. The Morgan fingerprint density at radius 1 is 1.37 bits per heavy atom. The molecule has 0 atom stereocenters. The summed E-state index contributed by atoms with van der Waals surface area (Å²) < 4.78 is 6.80. The third-order valence-electron chi connectivity index (χ3n) is 3.79. The van der Waals surface area contributed by atoms with Gasteiger partial charge in [-0.2, -0.15) is 9.67 Å². The average molecular weight is 370 g/mol. The van der Waals surface area contributed by atoms with Crippen molar-refractivity contribution >= 4 is 11.7 Å². The number of hydrogen-bond acceptors (Lipinski definition) is 7. The van der Waals surface area contributed by atoms with Gasteiger partial charge in [0, 0.05) is 19.2 Å². The lowest BCUT2D eigenvalue weighted by Gasteiger charge is -2.16. The van der Waals surface area contributed by atoms with Crippen molar-refractivity contribution in [1.29, 1.82) is 0 Å². The summed E-state index contributed by atoms with van der Waals surface area (Å²) >= 11 is 0. The van der Waals surface area contributed by atoms with Crippen LogP contribution in [-0.4, -0.2) is 48.3 Å². The lowest BCUT2D eigenvalue weighted by Crippen LogP contribution is -2.31. The summed E-state index contributed by atoms with van der Waals surface area (Å²) in [6.45, 7) is 6.20. The van der Waals surface area contributed by atoms with Gasteiger partial charge in [0.2, 0.25) is 5.89 Å². The summed E-state index contributed by atoms with van der Waals surface area (Å²) in [4.78, 5) is 18.2. The number of rotatable bonds is 6. The number of carbonyl (C=O) groups is 1. The van der Waals surface area contributed by atoms with Crippen LogP contribution in [0, 0.1) is 12.8 Å². The first-order valence-corrected chi connectivity index (χ1v) is 8.61. The Bertz CT molecular complexity index is 917. The van der Waals surface area contributed by atoms with Gasteiger partial charge in [-0.3, -0.25) is 0 Å². The van der Waals surface area contributed by atoms with Crippen molar-refractivity contribution in [3.63, 3.8) is 0 Å². The Morgan fingerprint density at radius 3 is 2.89 bits per heavy atom. The van der Waals surface area contributed by atoms with Crippen LogP contribution in [0.15, 0.2) is 28.8 Å². The quantitative estimate of drug-likeness (QED) is 0.707. The van der Waals surface area contributed by atoms with Crippen molar-refractivity contribution in [3.05, 3.63) is 41.8 Å². The average Bonchev–Trinajstić information content (AvgIpc) is 3.23. The predicted molar refractivity (Wildman–Crippen MR) is 97.2 cm³/mol.